The van der Waals surface area contributed by atoms with Gasteiger partial charge in [-0.1, -0.05) is 36.4 Å². The van der Waals surface area contributed by atoms with Crippen LogP contribution < -0.4 is 5.32 Å². The third-order valence-corrected chi connectivity index (χ3v) is 4.77. The maximum absolute atomic E-state index is 12.6. The fourth-order valence-corrected chi connectivity index (χ4v) is 3.37. The normalized spacial score (nSPS) is 11.0. The van der Waals surface area contributed by atoms with Crippen molar-refractivity contribution in [2.75, 3.05) is 5.32 Å². The number of amides is 1. The van der Waals surface area contributed by atoms with E-state index in [0.717, 1.165) is 27.7 Å². The summed E-state index contributed by atoms with van der Waals surface area (Å²) >= 11 is 0. The third kappa shape index (κ3) is 4.28. The van der Waals surface area contributed by atoms with E-state index in [1.54, 1.807) is 17.1 Å². The maximum Gasteiger partial charge on any atom is 0.248 e. The van der Waals surface area contributed by atoms with Gasteiger partial charge in [-0.3, -0.25) is 4.79 Å². The van der Waals surface area contributed by atoms with Gasteiger partial charge in [0.15, 0.2) is 0 Å². The molecule has 0 aliphatic rings. The standard InChI is InChI=1S/C23H20N6O/c24-12-5-13-28-14-18(20-7-2-4-9-22(20)28)10-11-23(30)27-21-8-3-1-6-19(21)15-29-17-25-16-26-29/h1-4,6-11,14,16-17H,5,13,15H2,(H,27,30). The van der Waals surface area contributed by atoms with Crippen LogP contribution >= 0.6 is 0 Å². The van der Waals surface area contributed by atoms with Crippen molar-refractivity contribution in [1.82, 2.24) is 19.3 Å². The van der Waals surface area contributed by atoms with Crippen molar-refractivity contribution < 1.29 is 4.79 Å². The molecular weight excluding hydrogens is 376 g/mol. The molecule has 148 valence electrons. The number of para-hydroxylation sites is 2. The Morgan fingerprint density at radius 1 is 1.17 bits per heavy atom. The molecule has 0 spiro atoms. The van der Waals surface area contributed by atoms with Crippen LogP contribution in [0.5, 0.6) is 0 Å². The molecule has 7 nitrogen and oxygen atoms in total. The third-order valence-electron chi connectivity index (χ3n) is 4.77. The number of nitrogens with zero attached hydrogens (tertiary/aromatic N) is 5. The number of anilines is 1. The molecule has 0 fully saturated rings. The Labute approximate surface area is 173 Å². The first-order chi connectivity index (χ1) is 14.7. The first-order valence-electron chi connectivity index (χ1n) is 9.59. The Morgan fingerprint density at radius 3 is 2.83 bits per heavy atom. The zero-order valence-electron chi connectivity index (χ0n) is 16.3. The van der Waals surface area contributed by atoms with E-state index in [1.165, 1.54) is 12.4 Å². The fraction of sp³-hybridized carbons (Fsp3) is 0.130. The van der Waals surface area contributed by atoms with Crippen LogP contribution in [0, 0.1) is 11.3 Å². The quantitative estimate of drug-likeness (QED) is 0.481. The molecule has 2 heterocycles. The first kappa shape index (κ1) is 19.2. The number of fused-ring (bicyclic) bond motifs is 1. The van der Waals surface area contributed by atoms with Crippen LogP contribution in [-0.4, -0.2) is 25.2 Å². The average molecular weight is 396 g/mol. The van der Waals surface area contributed by atoms with Gasteiger partial charge in [-0.25, -0.2) is 9.67 Å². The molecule has 0 radical (unpaired) electrons. The molecule has 0 saturated heterocycles. The van der Waals surface area contributed by atoms with Gasteiger partial charge < -0.3 is 9.88 Å². The van der Waals surface area contributed by atoms with Crippen molar-refractivity contribution in [3.63, 3.8) is 0 Å². The van der Waals surface area contributed by atoms with Crippen LogP contribution in [-0.2, 0) is 17.9 Å². The Balaban J connectivity index is 1.52. The van der Waals surface area contributed by atoms with Crippen LogP contribution in [0.3, 0.4) is 0 Å². The number of nitrogens with one attached hydrogen (secondary N) is 1. The second-order valence-corrected chi connectivity index (χ2v) is 6.78. The molecule has 0 bridgehead atoms. The van der Waals surface area contributed by atoms with Gasteiger partial charge in [-0.15, -0.1) is 0 Å². The van der Waals surface area contributed by atoms with Gasteiger partial charge in [0.2, 0.25) is 5.91 Å². The van der Waals surface area contributed by atoms with E-state index in [2.05, 4.69) is 21.5 Å². The fourth-order valence-electron chi connectivity index (χ4n) is 3.37. The van der Waals surface area contributed by atoms with Crippen LogP contribution in [0.4, 0.5) is 5.69 Å². The lowest BCUT2D eigenvalue weighted by molar-refractivity contribution is -0.111. The number of nitriles is 1. The summed E-state index contributed by atoms with van der Waals surface area (Å²) in [6, 6.07) is 17.8. The highest BCUT2D eigenvalue weighted by molar-refractivity contribution is 6.03. The van der Waals surface area contributed by atoms with E-state index in [1.807, 2.05) is 59.3 Å². The molecule has 0 atom stereocenters. The van der Waals surface area contributed by atoms with Gasteiger partial charge in [0.05, 0.1) is 19.0 Å². The Morgan fingerprint density at radius 2 is 2.00 bits per heavy atom. The summed E-state index contributed by atoms with van der Waals surface area (Å²) in [6.07, 6.45) is 8.87. The van der Waals surface area contributed by atoms with Crippen LogP contribution in [0.1, 0.15) is 17.5 Å². The Bertz CT molecular complexity index is 1230. The molecule has 4 aromatic rings. The topological polar surface area (TPSA) is 88.5 Å². The number of rotatable bonds is 7. The molecule has 4 rings (SSSR count). The van der Waals surface area contributed by atoms with Crippen LogP contribution in [0.2, 0.25) is 0 Å². The Kier molecular flexibility index (Phi) is 5.67. The van der Waals surface area contributed by atoms with E-state index >= 15 is 0 Å². The highest BCUT2D eigenvalue weighted by Crippen LogP contribution is 2.23. The van der Waals surface area contributed by atoms with Crippen molar-refractivity contribution in [3.8, 4) is 6.07 Å². The minimum absolute atomic E-state index is 0.213. The first-order valence-corrected chi connectivity index (χ1v) is 9.59. The van der Waals surface area contributed by atoms with E-state index in [4.69, 9.17) is 5.26 Å². The molecule has 0 unspecified atom stereocenters. The summed E-state index contributed by atoms with van der Waals surface area (Å²) in [7, 11) is 0. The van der Waals surface area contributed by atoms with Gasteiger partial charge in [-0.05, 0) is 23.8 Å². The SMILES string of the molecule is N#CCCn1cc(C=CC(=O)Nc2ccccc2Cn2cncn2)c2ccccc21. The van der Waals surface area contributed by atoms with Gasteiger partial charge >= 0.3 is 0 Å². The van der Waals surface area contributed by atoms with Crippen molar-refractivity contribution in [2.24, 2.45) is 0 Å². The monoisotopic (exact) mass is 396 g/mol. The van der Waals surface area contributed by atoms with Gasteiger partial charge in [0.25, 0.3) is 0 Å². The number of hydrogen-bond donors (Lipinski definition) is 1. The molecule has 2 aromatic heterocycles. The molecule has 2 aromatic carbocycles. The van der Waals surface area contributed by atoms with E-state index in [-0.39, 0.29) is 5.91 Å². The molecule has 1 N–H and O–H groups in total. The summed E-state index contributed by atoms with van der Waals surface area (Å²) in [5.74, 6) is -0.213. The van der Waals surface area contributed by atoms with E-state index in [0.29, 0.717) is 19.5 Å². The molecule has 0 saturated carbocycles. The number of carbonyl (C=O) groups excluding carboxylic acids is 1. The van der Waals surface area contributed by atoms with Crippen LogP contribution in [0.25, 0.3) is 17.0 Å². The second kappa shape index (κ2) is 8.88. The summed E-state index contributed by atoms with van der Waals surface area (Å²) in [4.78, 5) is 16.5. The maximum atomic E-state index is 12.6. The van der Waals surface area contributed by atoms with Crippen molar-refractivity contribution in [2.45, 2.75) is 19.5 Å². The Hall–Kier alpha value is -4.18. The van der Waals surface area contributed by atoms with Gasteiger partial charge in [-0.2, -0.15) is 10.4 Å². The van der Waals surface area contributed by atoms with E-state index in [9.17, 15) is 4.79 Å². The lowest BCUT2D eigenvalue weighted by atomic mass is 10.1. The van der Waals surface area contributed by atoms with Gasteiger partial charge in [0, 0.05) is 41.0 Å². The molecular formula is C23H20N6O. The predicted octanol–water partition coefficient (Wildman–Crippen LogP) is 3.85. The highest BCUT2D eigenvalue weighted by Gasteiger charge is 2.08. The summed E-state index contributed by atoms with van der Waals surface area (Å²) in [5.41, 5.74) is 3.66. The molecule has 30 heavy (non-hydrogen) atoms. The predicted molar refractivity (Wildman–Crippen MR) is 115 cm³/mol. The second-order valence-electron chi connectivity index (χ2n) is 6.78. The summed E-state index contributed by atoms with van der Waals surface area (Å²) < 4.78 is 3.75. The van der Waals surface area contributed by atoms with Crippen LogP contribution in [0.15, 0.2) is 73.5 Å². The number of aromatic nitrogens is 4. The van der Waals surface area contributed by atoms with Crippen molar-refractivity contribution in [1.29, 1.82) is 5.26 Å². The number of benzene rings is 2. The number of carbonyl (C=O) groups is 1. The summed E-state index contributed by atoms with van der Waals surface area (Å²) in [5, 5.41) is 17.0. The molecule has 1 amide bonds. The number of hydrogen-bond acceptors (Lipinski definition) is 4. The molecule has 0 aliphatic carbocycles. The zero-order chi connectivity index (χ0) is 20.8. The lowest BCUT2D eigenvalue weighted by Gasteiger charge is -2.09. The highest BCUT2D eigenvalue weighted by atomic mass is 16.1. The largest absolute Gasteiger partial charge is 0.346 e. The molecule has 0 aliphatic heterocycles. The van der Waals surface area contributed by atoms with Crippen molar-refractivity contribution >= 4 is 28.6 Å². The minimum Gasteiger partial charge on any atom is -0.346 e. The zero-order valence-corrected chi connectivity index (χ0v) is 16.3. The van der Waals surface area contributed by atoms with Gasteiger partial charge in [0.1, 0.15) is 12.7 Å². The molecule has 7 heteroatoms. The smallest absolute Gasteiger partial charge is 0.248 e. The van der Waals surface area contributed by atoms with Crippen molar-refractivity contribution in [3.05, 3.63) is 84.6 Å². The lowest BCUT2D eigenvalue weighted by Crippen LogP contribution is -2.11. The minimum atomic E-state index is -0.213. The average Bonchev–Trinajstić information content (AvgIpc) is 3.40. The summed E-state index contributed by atoms with van der Waals surface area (Å²) in [6.45, 7) is 1.14. The van der Waals surface area contributed by atoms with E-state index < -0.39 is 0 Å². The number of aryl methyl sites for hydroxylation is 1.